The van der Waals surface area contributed by atoms with Crippen molar-refractivity contribution in [1.82, 2.24) is 9.55 Å². The molecule has 1 aromatic carbocycles. The molecule has 0 unspecified atom stereocenters. The molecule has 0 aliphatic heterocycles. The lowest BCUT2D eigenvalue weighted by Crippen LogP contribution is -2.00. The number of imidazole rings is 1. The molecule has 0 spiro atoms. The van der Waals surface area contributed by atoms with Gasteiger partial charge in [-0.3, -0.25) is 0 Å². The second-order valence-electron chi connectivity index (χ2n) is 3.73. The van der Waals surface area contributed by atoms with Gasteiger partial charge in [-0.15, -0.1) is 0 Å². The minimum atomic E-state index is -0.348. The number of aromatic nitrogens is 2. The Morgan fingerprint density at radius 1 is 1.53 bits per heavy atom. The Morgan fingerprint density at radius 3 is 3.05 bits per heavy atom. The highest BCUT2D eigenvalue weighted by Crippen LogP contribution is 2.25. The monoisotopic (exact) mass is 320 g/mol. The van der Waals surface area contributed by atoms with E-state index in [1.54, 1.807) is 25.5 Å². The fourth-order valence-corrected chi connectivity index (χ4v) is 2.26. The summed E-state index contributed by atoms with van der Waals surface area (Å²) in [5, 5.41) is 0. The van der Waals surface area contributed by atoms with Gasteiger partial charge in [0.05, 0.1) is 18.6 Å². The van der Waals surface area contributed by atoms with Crippen LogP contribution in [0.4, 0.5) is 0 Å². The first-order valence-electron chi connectivity index (χ1n) is 5.84. The molecule has 0 N–H and O–H groups in total. The largest absolute Gasteiger partial charge is 0.463 e. The molecule has 0 saturated heterocycles. The second-order valence-corrected chi connectivity index (χ2v) is 4.59. The summed E-state index contributed by atoms with van der Waals surface area (Å²) < 4.78 is 7.68. The first-order valence-corrected chi connectivity index (χ1v) is 6.63. The van der Waals surface area contributed by atoms with Crippen LogP contribution in [0.25, 0.3) is 11.8 Å². The van der Waals surface area contributed by atoms with Crippen LogP contribution in [0.15, 0.2) is 47.5 Å². The van der Waals surface area contributed by atoms with Gasteiger partial charge in [0.2, 0.25) is 0 Å². The molecule has 0 radical (unpaired) electrons. The maximum Gasteiger partial charge on any atom is 0.330 e. The van der Waals surface area contributed by atoms with E-state index in [4.69, 9.17) is 4.74 Å². The minimum Gasteiger partial charge on any atom is -0.463 e. The minimum absolute atomic E-state index is 0.348. The molecular weight excluding hydrogens is 308 g/mol. The fraction of sp³-hybridized carbons (Fsp3) is 0.143. The van der Waals surface area contributed by atoms with Crippen LogP contribution in [-0.4, -0.2) is 22.1 Å². The first kappa shape index (κ1) is 13.5. The van der Waals surface area contributed by atoms with Gasteiger partial charge in [0.1, 0.15) is 0 Å². The van der Waals surface area contributed by atoms with E-state index < -0.39 is 0 Å². The molecule has 2 rings (SSSR count). The van der Waals surface area contributed by atoms with Crippen molar-refractivity contribution in [3.05, 3.63) is 53.0 Å². The predicted octanol–water partition coefficient (Wildman–Crippen LogP) is 3.21. The van der Waals surface area contributed by atoms with E-state index in [0.29, 0.717) is 6.61 Å². The van der Waals surface area contributed by atoms with E-state index in [1.165, 1.54) is 6.08 Å². The summed E-state index contributed by atoms with van der Waals surface area (Å²) >= 11 is 3.51. The van der Waals surface area contributed by atoms with Crippen molar-refractivity contribution < 1.29 is 9.53 Å². The van der Waals surface area contributed by atoms with Gasteiger partial charge in [-0.05, 0) is 40.6 Å². The zero-order valence-corrected chi connectivity index (χ0v) is 12.0. The highest BCUT2D eigenvalue weighted by atomic mass is 79.9. The number of esters is 1. The SMILES string of the molecule is CCOC(=O)C=Cc1cccc(Br)c1-n1ccnc1. The standard InChI is InChI=1S/C14H13BrN2O2/c1-2-19-13(18)7-6-11-4-3-5-12(15)14(11)17-9-8-16-10-17/h3-10H,2H2,1H3. The van der Waals surface area contributed by atoms with Crippen molar-refractivity contribution in [1.29, 1.82) is 0 Å². The predicted molar refractivity (Wildman–Crippen MR) is 76.9 cm³/mol. The summed E-state index contributed by atoms with van der Waals surface area (Å²) in [5.74, 6) is -0.348. The van der Waals surface area contributed by atoms with E-state index in [2.05, 4.69) is 20.9 Å². The average Bonchev–Trinajstić information content (AvgIpc) is 2.90. The number of halogens is 1. The lowest BCUT2D eigenvalue weighted by atomic mass is 10.1. The first-order chi connectivity index (χ1) is 9.22. The highest BCUT2D eigenvalue weighted by Gasteiger charge is 2.06. The molecule has 0 atom stereocenters. The summed E-state index contributed by atoms with van der Waals surface area (Å²) in [6.45, 7) is 2.15. The van der Waals surface area contributed by atoms with Crippen molar-refractivity contribution in [2.24, 2.45) is 0 Å². The molecule has 5 heteroatoms. The third kappa shape index (κ3) is 3.32. The van der Waals surface area contributed by atoms with Crippen LogP contribution in [0.3, 0.4) is 0 Å². The maximum absolute atomic E-state index is 11.4. The number of nitrogens with zero attached hydrogens (tertiary/aromatic N) is 2. The summed E-state index contributed by atoms with van der Waals surface area (Å²) in [7, 11) is 0. The Kier molecular flexibility index (Phi) is 4.52. The number of para-hydroxylation sites is 1. The number of hydrogen-bond acceptors (Lipinski definition) is 3. The lowest BCUT2D eigenvalue weighted by molar-refractivity contribution is -0.137. The molecule has 0 bridgehead atoms. The van der Waals surface area contributed by atoms with Crippen LogP contribution in [0.5, 0.6) is 0 Å². The average molecular weight is 321 g/mol. The van der Waals surface area contributed by atoms with E-state index in [0.717, 1.165) is 15.7 Å². The van der Waals surface area contributed by atoms with Gasteiger partial charge in [-0.25, -0.2) is 9.78 Å². The van der Waals surface area contributed by atoms with Gasteiger partial charge in [0.15, 0.2) is 0 Å². The molecule has 0 aliphatic carbocycles. The normalized spacial score (nSPS) is 10.8. The fourth-order valence-electron chi connectivity index (χ4n) is 1.68. The quantitative estimate of drug-likeness (QED) is 0.641. The lowest BCUT2D eigenvalue weighted by Gasteiger charge is -2.09. The van der Waals surface area contributed by atoms with Gasteiger partial charge in [-0.2, -0.15) is 0 Å². The molecule has 0 fully saturated rings. The zero-order valence-electron chi connectivity index (χ0n) is 10.4. The van der Waals surface area contributed by atoms with E-state index in [-0.39, 0.29) is 5.97 Å². The van der Waals surface area contributed by atoms with Crippen molar-refractivity contribution in [3.63, 3.8) is 0 Å². The van der Waals surface area contributed by atoms with Crippen LogP contribution in [0.1, 0.15) is 12.5 Å². The maximum atomic E-state index is 11.4. The Labute approximate surface area is 119 Å². The Morgan fingerprint density at radius 2 is 2.37 bits per heavy atom. The van der Waals surface area contributed by atoms with Gasteiger partial charge in [0, 0.05) is 22.9 Å². The van der Waals surface area contributed by atoms with Crippen LogP contribution in [0, 0.1) is 0 Å². The van der Waals surface area contributed by atoms with Crippen molar-refractivity contribution in [2.45, 2.75) is 6.92 Å². The molecular formula is C14H13BrN2O2. The Hall–Kier alpha value is -1.88. The topological polar surface area (TPSA) is 44.1 Å². The van der Waals surface area contributed by atoms with E-state index in [1.807, 2.05) is 29.0 Å². The molecule has 98 valence electrons. The van der Waals surface area contributed by atoms with Crippen LogP contribution < -0.4 is 0 Å². The van der Waals surface area contributed by atoms with Gasteiger partial charge >= 0.3 is 5.97 Å². The number of ether oxygens (including phenoxy) is 1. The molecule has 0 aliphatic rings. The van der Waals surface area contributed by atoms with Crippen molar-refractivity contribution in [2.75, 3.05) is 6.61 Å². The van der Waals surface area contributed by atoms with Crippen molar-refractivity contribution >= 4 is 28.0 Å². The summed E-state index contributed by atoms with van der Waals surface area (Å²) in [6, 6.07) is 5.78. The highest BCUT2D eigenvalue weighted by molar-refractivity contribution is 9.10. The van der Waals surface area contributed by atoms with E-state index >= 15 is 0 Å². The number of benzene rings is 1. The zero-order chi connectivity index (χ0) is 13.7. The molecule has 1 aromatic heterocycles. The van der Waals surface area contributed by atoms with Crippen LogP contribution >= 0.6 is 15.9 Å². The van der Waals surface area contributed by atoms with Gasteiger partial charge in [-0.1, -0.05) is 12.1 Å². The number of carbonyl (C=O) groups excluding carboxylic acids is 1. The second kappa shape index (κ2) is 6.33. The summed E-state index contributed by atoms with van der Waals surface area (Å²) in [4.78, 5) is 15.4. The molecule has 19 heavy (non-hydrogen) atoms. The molecule has 2 aromatic rings. The Balaban J connectivity index is 2.36. The van der Waals surface area contributed by atoms with Gasteiger partial charge < -0.3 is 9.30 Å². The van der Waals surface area contributed by atoms with Crippen LogP contribution in [-0.2, 0) is 9.53 Å². The van der Waals surface area contributed by atoms with Gasteiger partial charge in [0.25, 0.3) is 0 Å². The summed E-state index contributed by atoms with van der Waals surface area (Å²) in [5.41, 5.74) is 1.83. The van der Waals surface area contributed by atoms with E-state index in [9.17, 15) is 4.79 Å². The number of hydrogen-bond donors (Lipinski definition) is 0. The smallest absolute Gasteiger partial charge is 0.330 e. The third-order valence-electron chi connectivity index (χ3n) is 2.47. The molecule has 0 saturated carbocycles. The Bertz CT molecular complexity index is 591. The third-order valence-corrected chi connectivity index (χ3v) is 3.11. The molecule has 1 heterocycles. The van der Waals surface area contributed by atoms with Crippen molar-refractivity contribution in [3.8, 4) is 5.69 Å². The molecule has 0 amide bonds. The summed E-state index contributed by atoms with van der Waals surface area (Å²) in [6.07, 6.45) is 8.42. The number of rotatable bonds is 4. The molecule has 4 nitrogen and oxygen atoms in total. The number of carbonyl (C=O) groups is 1. The van der Waals surface area contributed by atoms with Crippen LogP contribution in [0.2, 0.25) is 0 Å².